The Morgan fingerprint density at radius 1 is 1.40 bits per heavy atom. The van der Waals surface area contributed by atoms with Crippen molar-refractivity contribution >= 4 is 9.84 Å². The average molecular weight is 230 g/mol. The number of rotatable bonds is 3. The summed E-state index contributed by atoms with van der Waals surface area (Å²) < 4.78 is 35.9. The van der Waals surface area contributed by atoms with E-state index in [4.69, 9.17) is 0 Å². The molecule has 1 atom stereocenters. The smallest absolute Gasteiger partial charge is 0.175 e. The lowest BCUT2D eigenvalue weighted by Gasteiger charge is -2.10. The summed E-state index contributed by atoms with van der Waals surface area (Å²) in [6.45, 7) is 3.88. The van der Waals surface area contributed by atoms with Crippen molar-refractivity contribution in [2.24, 2.45) is 0 Å². The standard InChI is InChI=1S/C11H15FO2S/c1-4-8(2)10-6-5-9(7-11(10)12)15(3,13)14/h5-8H,4H2,1-3H3. The van der Waals surface area contributed by atoms with Crippen molar-refractivity contribution in [3.8, 4) is 0 Å². The first-order valence-corrected chi connectivity index (χ1v) is 6.75. The summed E-state index contributed by atoms with van der Waals surface area (Å²) in [4.78, 5) is 0.0343. The molecule has 1 rings (SSSR count). The Balaban J connectivity index is 3.20. The van der Waals surface area contributed by atoms with Gasteiger partial charge in [0.1, 0.15) is 5.82 Å². The molecule has 0 saturated heterocycles. The lowest BCUT2D eigenvalue weighted by molar-refractivity contribution is 0.574. The monoisotopic (exact) mass is 230 g/mol. The summed E-state index contributed by atoms with van der Waals surface area (Å²) in [6, 6.07) is 4.11. The number of hydrogen-bond donors (Lipinski definition) is 0. The SMILES string of the molecule is CCC(C)c1ccc(S(C)(=O)=O)cc1F. The lowest BCUT2D eigenvalue weighted by atomic mass is 9.98. The largest absolute Gasteiger partial charge is 0.224 e. The maximum atomic E-state index is 13.6. The van der Waals surface area contributed by atoms with Crippen molar-refractivity contribution < 1.29 is 12.8 Å². The fourth-order valence-electron chi connectivity index (χ4n) is 1.36. The van der Waals surface area contributed by atoms with E-state index in [1.54, 1.807) is 6.07 Å². The minimum absolute atomic E-state index is 0.0343. The van der Waals surface area contributed by atoms with Crippen LogP contribution in [-0.4, -0.2) is 14.7 Å². The van der Waals surface area contributed by atoms with Crippen molar-refractivity contribution in [2.75, 3.05) is 6.26 Å². The number of sulfone groups is 1. The van der Waals surface area contributed by atoms with Gasteiger partial charge in [-0.2, -0.15) is 0 Å². The van der Waals surface area contributed by atoms with Gasteiger partial charge < -0.3 is 0 Å². The van der Waals surface area contributed by atoms with Gasteiger partial charge in [-0.3, -0.25) is 0 Å². The van der Waals surface area contributed by atoms with E-state index in [0.29, 0.717) is 5.56 Å². The molecule has 0 saturated carbocycles. The number of hydrogen-bond acceptors (Lipinski definition) is 2. The topological polar surface area (TPSA) is 34.1 Å². The Kier molecular flexibility index (Phi) is 3.50. The molecule has 1 unspecified atom stereocenters. The molecule has 0 aliphatic heterocycles. The van der Waals surface area contributed by atoms with Gasteiger partial charge in [0, 0.05) is 6.26 Å². The average Bonchev–Trinajstić information content (AvgIpc) is 2.15. The van der Waals surface area contributed by atoms with Gasteiger partial charge in [-0.25, -0.2) is 12.8 Å². The Morgan fingerprint density at radius 2 is 2.00 bits per heavy atom. The highest BCUT2D eigenvalue weighted by Gasteiger charge is 2.13. The zero-order valence-corrected chi connectivity index (χ0v) is 9.94. The molecule has 15 heavy (non-hydrogen) atoms. The fourth-order valence-corrected chi connectivity index (χ4v) is 1.99. The highest BCUT2D eigenvalue weighted by atomic mass is 32.2. The van der Waals surface area contributed by atoms with Crippen molar-refractivity contribution in [3.63, 3.8) is 0 Å². The van der Waals surface area contributed by atoms with Gasteiger partial charge in [0.05, 0.1) is 4.90 Å². The maximum Gasteiger partial charge on any atom is 0.175 e. The van der Waals surface area contributed by atoms with E-state index in [1.807, 2.05) is 13.8 Å². The first kappa shape index (κ1) is 12.2. The van der Waals surface area contributed by atoms with Gasteiger partial charge in [0.2, 0.25) is 0 Å². The molecule has 0 fully saturated rings. The first-order chi connectivity index (χ1) is 6.86. The van der Waals surface area contributed by atoms with Crippen LogP contribution in [0.15, 0.2) is 23.1 Å². The maximum absolute atomic E-state index is 13.6. The predicted molar refractivity (Wildman–Crippen MR) is 58.2 cm³/mol. The predicted octanol–water partition coefficient (Wildman–Crippen LogP) is 2.74. The lowest BCUT2D eigenvalue weighted by Crippen LogP contribution is -2.01. The second-order valence-corrected chi connectivity index (χ2v) is 5.78. The minimum atomic E-state index is -3.31. The molecule has 0 amide bonds. The second-order valence-electron chi connectivity index (χ2n) is 3.76. The van der Waals surface area contributed by atoms with Crippen LogP contribution in [0, 0.1) is 5.82 Å². The van der Waals surface area contributed by atoms with Gasteiger partial charge in [-0.1, -0.05) is 19.9 Å². The first-order valence-electron chi connectivity index (χ1n) is 4.85. The highest BCUT2D eigenvalue weighted by Crippen LogP contribution is 2.23. The summed E-state index contributed by atoms with van der Waals surface area (Å²) in [5, 5.41) is 0. The third kappa shape index (κ3) is 2.78. The van der Waals surface area contributed by atoms with Crippen LogP contribution in [0.25, 0.3) is 0 Å². The molecule has 1 aromatic rings. The Morgan fingerprint density at radius 3 is 2.40 bits per heavy atom. The van der Waals surface area contributed by atoms with Gasteiger partial charge in [0.25, 0.3) is 0 Å². The zero-order valence-electron chi connectivity index (χ0n) is 9.12. The van der Waals surface area contributed by atoms with Crippen molar-refractivity contribution in [2.45, 2.75) is 31.1 Å². The van der Waals surface area contributed by atoms with Crippen LogP contribution in [0.3, 0.4) is 0 Å². The van der Waals surface area contributed by atoms with Crippen molar-refractivity contribution in [3.05, 3.63) is 29.6 Å². The molecular formula is C11H15FO2S. The summed E-state index contributed by atoms with van der Waals surface area (Å²) in [5.41, 5.74) is 0.574. The van der Waals surface area contributed by atoms with E-state index in [-0.39, 0.29) is 10.8 Å². The fraction of sp³-hybridized carbons (Fsp3) is 0.455. The van der Waals surface area contributed by atoms with Crippen LogP contribution in [0.1, 0.15) is 31.7 Å². The Labute approximate surface area is 90.0 Å². The summed E-state index contributed by atoms with van der Waals surface area (Å²) in [6.07, 6.45) is 1.90. The van der Waals surface area contributed by atoms with E-state index < -0.39 is 15.7 Å². The van der Waals surface area contributed by atoms with Crippen LogP contribution < -0.4 is 0 Å². The summed E-state index contributed by atoms with van der Waals surface area (Å²) >= 11 is 0. The highest BCUT2D eigenvalue weighted by molar-refractivity contribution is 7.90. The minimum Gasteiger partial charge on any atom is -0.224 e. The number of halogens is 1. The molecule has 0 radical (unpaired) electrons. The van der Waals surface area contributed by atoms with Crippen molar-refractivity contribution in [1.29, 1.82) is 0 Å². The molecule has 1 aromatic carbocycles. The van der Waals surface area contributed by atoms with Crippen LogP contribution in [0.2, 0.25) is 0 Å². The molecular weight excluding hydrogens is 215 g/mol. The van der Waals surface area contributed by atoms with Crippen LogP contribution >= 0.6 is 0 Å². The van der Waals surface area contributed by atoms with E-state index >= 15 is 0 Å². The molecule has 0 bridgehead atoms. The van der Waals surface area contributed by atoms with Crippen molar-refractivity contribution in [1.82, 2.24) is 0 Å². The Hall–Kier alpha value is -0.900. The molecule has 2 nitrogen and oxygen atoms in total. The van der Waals surface area contributed by atoms with Gasteiger partial charge >= 0.3 is 0 Å². The third-order valence-electron chi connectivity index (χ3n) is 2.54. The molecule has 4 heteroatoms. The van der Waals surface area contributed by atoms with E-state index in [1.165, 1.54) is 6.07 Å². The van der Waals surface area contributed by atoms with Crippen LogP contribution in [-0.2, 0) is 9.84 Å². The summed E-state index contributed by atoms with van der Waals surface area (Å²) in [7, 11) is -3.31. The van der Waals surface area contributed by atoms with E-state index in [0.717, 1.165) is 18.7 Å². The number of benzene rings is 1. The third-order valence-corrected chi connectivity index (χ3v) is 3.65. The molecule has 0 aromatic heterocycles. The molecule has 0 heterocycles. The molecule has 0 spiro atoms. The zero-order chi connectivity index (χ0) is 11.6. The molecule has 0 aliphatic rings. The van der Waals surface area contributed by atoms with E-state index in [2.05, 4.69) is 0 Å². The van der Waals surface area contributed by atoms with Crippen LogP contribution in [0.4, 0.5) is 4.39 Å². The normalized spacial score (nSPS) is 13.9. The van der Waals surface area contributed by atoms with Gasteiger partial charge in [0.15, 0.2) is 9.84 Å². The van der Waals surface area contributed by atoms with Crippen LogP contribution in [0.5, 0.6) is 0 Å². The second kappa shape index (κ2) is 4.31. The van der Waals surface area contributed by atoms with Gasteiger partial charge in [-0.05, 0) is 30.0 Å². The molecule has 0 N–H and O–H groups in total. The summed E-state index contributed by atoms with van der Waals surface area (Å²) in [5.74, 6) is -0.328. The molecule has 84 valence electrons. The molecule has 0 aliphatic carbocycles. The van der Waals surface area contributed by atoms with E-state index in [9.17, 15) is 12.8 Å². The quantitative estimate of drug-likeness (QED) is 0.800. The van der Waals surface area contributed by atoms with Gasteiger partial charge in [-0.15, -0.1) is 0 Å². The Bertz CT molecular complexity index is 452.